The number of rotatable bonds is 2. The van der Waals surface area contributed by atoms with E-state index in [1.807, 2.05) is 4.90 Å². The van der Waals surface area contributed by atoms with Crippen LogP contribution in [0, 0.1) is 0 Å². The summed E-state index contributed by atoms with van der Waals surface area (Å²) in [6, 6.07) is 0.0700. The van der Waals surface area contributed by atoms with Gasteiger partial charge in [-0.2, -0.15) is 0 Å². The van der Waals surface area contributed by atoms with Crippen LogP contribution >= 0.6 is 0 Å². The summed E-state index contributed by atoms with van der Waals surface area (Å²) in [4.78, 5) is 14.0. The van der Waals surface area contributed by atoms with Crippen molar-refractivity contribution in [3.05, 3.63) is 0 Å². The first-order chi connectivity index (χ1) is 7.31. The third-order valence-electron chi connectivity index (χ3n) is 3.38. The SMILES string of the molecule is COC1CCCN(C(=O)[C@H]2CCCN2)C1. The number of hydrogen-bond donors (Lipinski definition) is 1. The summed E-state index contributed by atoms with van der Waals surface area (Å²) in [5, 5.41) is 3.25. The number of amides is 1. The predicted octanol–water partition coefficient (Wildman–Crippen LogP) is 0.376. The molecule has 1 unspecified atom stereocenters. The summed E-state index contributed by atoms with van der Waals surface area (Å²) in [7, 11) is 1.73. The lowest BCUT2D eigenvalue weighted by molar-refractivity contribution is -0.136. The molecule has 2 saturated heterocycles. The molecule has 2 aliphatic rings. The Morgan fingerprint density at radius 2 is 2.27 bits per heavy atom. The molecule has 0 aromatic rings. The van der Waals surface area contributed by atoms with Crippen LogP contribution in [0.25, 0.3) is 0 Å². The summed E-state index contributed by atoms with van der Waals surface area (Å²) in [6.07, 6.45) is 4.50. The van der Waals surface area contributed by atoms with E-state index in [4.69, 9.17) is 4.74 Å². The van der Waals surface area contributed by atoms with Crippen molar-refractivity contribution in [2.24, 2.45) is 0 Å². The lowest BCUT2D eigenvalue weighted by atomic mass is 10.1. The molecule has 86 valence electrons. The highest BCUT2D eigenvalue weighted by Gasteiger charge is 2.30. The number of nitrogens with zero attached hydrogens (tertiary/aromatic N) is 1. The van der Waals surface area contributed by atoms with Gasteiger partial charge in [0.15, 0.2) is 0 Å². The maximum absolute atomic E-state index is 12.1. The first-order valence-electron chi connectivity index (χ1n) is 5.86. The number of nitrogens with one attached hydrogen (secondary N) is 1. The zero-order chi connectivity index (χ0) is 10.7. The minimum Gasteiger partial charge on any atom is -0.380 e. The monoisotopic (exact) mass is 212 g/mol. The molecule has 2 fully saturated rings. The van der Waals surface area contributed by atoms with E-state index in [2.05, 4.69) is 5.32 Å². The molecule has 4 heteroatoms. The lowest BCUT2D eigenvalue weighted by Crippen LogP contribution is -2.49. The van der Waals surface area contributed by atoms with E-state index in [-0.39, 0.29) is 18.1 Å². The number of carbonyl (C=O) groups is 1. The van der Waals surface area contributed by atoms with Gasteiger partial charge in [0.1, 0.15) is 0 Å². The van der Waals surface area contributed by atoms with Crippen molar-refractivity contribution in [3.8, 4) is 0 Å². The molecule has 0 spiro atoms. The maximum Gasteiger partial charge on any atom is 0.239 e. The molecule has 0 aromatic carbocycles. The maximum atomic E-state index is 12.1. The molecule has 0 saturated carbocycles. The molecule has 1 N–H and O–H groups in total. The summed E-state index contributed by atoms with van der Waals surface area (Å²) in [6.45, 7) is 2.66. The van der Waals surface area contributed by atoms with E-state index in [9.17, 15) is 4.79 Å². The Morgan fingerprint density at radius 3 is 2.93 bits per heavy atom. The average Bonchev–Trinajstić information content (AvgIpc) is 2.81. The Labute approximate surface area is 91.0 Å². The Morgan fingerprint density at radius 1 is 1.40 bits per heavy atom. The smallest absolute Gasteiger partial charge is 0.239 e. The van der Waals surface area contributed by atoms with Crippen LogP contribution < -0.4 is 5.32 Å². The van der Waals surface area contributed by atoms with Gasteiger partial charge < -0.3 is 15.0 Å². The van der Waals surface area contributed by atoms with Crippen LogP contribution in [0.1, 0.15) is 25.7 Å². The van der Waals surface area contributed by atoms with E-state index in [1.54, 1.807) is 7.11 Å². The van der Waals surface area contributed by atoms with Crippen molar-refractivity contribution in [1.82, 2.24) is 10.2 Å². The second-order valence-corrected chi connectivity index (χ2v) is 4.43. The first kappa shape index (κ1) is 10.9. The molecule has 0 bridgehead atoms. The standard InChI is InChI=1S/C11H20N2O2/c1-15-9-4-3-7-13(8-9)11(14)10-5-2-6-12-10/h9-10,12H,2-8H2,1H3/t9?,10-/m1/s1. The number of piperidine rings is 1. The predicted molar refractivity (Wildman–Crippen MR) is 57.6 cm³/mol. The van der Waals surface area contributed by atoms with E-state index in [0.717, 1.165) is 45.3 Å². The van der Waals surface area contributed by atoms with E-state index in [0.29, 0.717) is 0 Å². The molecule has 2 aliphatic heterocycles. The van der Waals surface area contributed by atoms with Crippen molar-refractivity contribution < 1.29 is 9.53 Å². The molecular formula is C11H20N2O2. The van der Waals surface area contributed by atoms with Crippen molar-refractivity contribution in [1.29, 1.82) is 0 Å². The molecule has 0 radical (unpaired) electrons. The largest absolute Gasteiger partial charge is 0.380 e. The van der Waals surface area contributed by atoms with Gasteiger partial charge in [0.25, 0.3) is 0 Å². The fraction of sp³-hybridized carbons (Fsp3) is 0.909. The van der Waals surface area contributed by atoms with Gasteiger partial charge in [-0.15, -0.1) is 0 Å². The Bertz CT molecular complexity index is 227. The van der Waals surface area contributed by atoms with Crippen LogP contribution in [0.2, 0.25) is 0 Å². The van der Waals surface area contributed by atoms with Gasteiger partial charge in [0.2, 0.25) is 5.91 Å². The lowest BCUT2D eigenvalue weighted by Gasteiger charge is -2.33. The molecule has 2 heterocycles. The highest BCUT2D eigenvalue weighted by atomic mass is 16.5. The molecule has 0 aliphatic carbocycles. The molecule has 15 heavy (non-hydrogen) atoms. The van der Waals surface area contributed by atoms with Crippen molar-refractivity contribution in [3.63, 3.8) is 0 Å². The summed E-state index contributed by atoms with van der Waals surface area (Å²) in [5.74, 6) is 0.272. The molecule has 0 aromatic heterocycles. The second kappa shape index (κ2) is 4.94. The fourth-order valence-electron chi connectivity index (χ4n) is 2.45. The van der Waals surface area contributed by atoms with Gasteiger partial charge in [0.05, 0.1) is 12.1 Å². The Balaban J connectivity index is 1.88. The Kier molecular flexibility index (Phi) is 3.59. The number of hydrogen-bond acceptors (Lipinski definition) is 3. The van der Waals surface area contributed by atoms with Crippen molar-refractivity contribution in [2.75, 3.05) is 26.7 Å². The van der Waals surface area contributed by atoms with Crippen LogP contribution in [0.5, 0.6) is 0 Å². The normalized spacial score (nSPS) is 31.9. The highest BCUT2D eigenvalue weighted by Crippen LogP contribution is 2.16. The first-order valence-corrected chi connectivity index (χ1v) is 5.86. The number of carbonyl (C=O) groups excluding carboxylic acids is 1. The second-order valence-electron chi connectivity index (χ2n) is 4.43. The van der Waals surface area contributed by atoms with E-state index < -0.39 is 0 Å². The van der Waals surface area contributed by atoms with Gasteiger partial charge in [-0.3, -0.25) is 4.79 Å². The van der Waals surface area contributed by atoms with E-state index >= 15 is 0 Å². The Hall–Kier alpha value is -0.610. The molecule has 4 nitrogen and oxygen atoms in total. The molecule has 1 amide bonds. The van der Waals surface area contributed by atoms with Crippen LogP contribution in [0.4, 0.5) is 0 Å². The topological polar surface area (TPSA) is 41.6 Å². The van der Waals surface area contributed by atoms with Crippen molar-refractivity contribution >= 4 is 5.91 Å². The van der Waals surface area contributed by atoms with Crippen molar-refractivity contribution in [2.45, 2.75) is 37.8 Å². The average molecular weight is 212 g/mol. The molecular weight excluding hydrogens is 192 g/mol. The van der Waals surface area contributed by atoms with Crippen LogP contribution in [0.15, 0.2) is 0 Å². The minimum absolute atomic E-state index is 0.0700. The minimum atomic E-state index is 0.0700. The third kappa shape index (κ3) is 2.49. The molecule has 2 atom stereocenters. The zero-order valence-electron chi connectivity index (χ0n) is 9.37. The van der Waals surface area contributed by atoms with Crippen LogP contribution in [-0.2, 0) is 9.53 Å². The fourth-order valence-corrected chi connectivity index (χ4v) is 2.45. The number of likely N-dealkylation sites (tertiary alicyclic amines) is 1. The quantitative estimate of drug-likeness (QED) is 0.719. The van der Waals surface area contributed by atoms with Gasteiger partial charge >= 0.3 is 0 Å². The number of ether oxygens (including phenoxy) is 1. The molecule has 2 rings (SSSR count). The van der Waals surface area contributed by atoms with Gasteiger partial charge in [0, 0.05) is 20.2 Å². The zero-order valence-corrected chi connectivity index (χ0v) is 9.37. The summed E-state index contributed by atoms with van der Waals surface area (Å²) in [5.41, 5.74) is 0. The van der Waals surface area contributed by atoms with Gasteiger partial charge in [-0.1, -0.05) is 0 Å². The number of methoxy groups -OCH3 is 1. The highest BCUT2D eigenvalue weighted by molar-refractivity contribution is 5.82. The summed E-state index contributed by atoms with van der Waals surface area (Å²) < 4.78 is 5.32. The van der Waals surface area contributed by atoms with Gasteiger partial charge in [-0.25, -0.2) is 0 Å². The van der Waals surface area contributed by atoms with Crippen LogP contribution in [-0.4, -0.2) is 49.7 Å². The van der Waals surface area contributed by atoms with Gasteiger partial charge in [-0.05, 0) is 32.2 Å². The third-order valence-corrected chi connectivity index (χ3v) is 3.38. The van der Waals surface area contributed by atoms with Crippen LogP contribution in [0.3, 0.4) is 0 Å². The van der Waals surface area contributed by atoms with E-state index in [1.165, 1.54) is 0 Å². The summed E-state index contributed by atoms with van der Waals surface area (Å²) >= 11 is 0.